The van der Waals surface area contributed by atoms with Gasteiger partial charge in [0.05, 0.1) is 7.11 Å². The molecule has 0 aliphatic heterocycles. The summed E-state index contributed by atoms with van der Waals surface area (Å²) in [6.07, 6.45) is 1.21. The fourth-order valence-corrected chi connectivity index (χ4v) is 3.75. The molecule has 0 fully saturated rings. The van der Waals surface area contributed by atoms with E-state index in [0.717, 1.165) is 23.1 Å². The van der Waals surface area contributed by atoms with Crippen LogP contribution in [0.3, 0.4) is 0 Å². The first-order valence-electron chi connectivity index (χ1n) is 11.9. The fourth-order valence-electron chi connectivity index (χ4n) is 3.75. The lowest BCUT2D eigenvalue weighted by atomic mass is 10.0. The van der Waals surface area contributed by atoms with Gasteiger partial charge in [0.25, 0.3) is 5.91 Å². The standard InChI is InChI=1S/C29H34N2O4/c1-4-17-30-29(33)27(19-23-9-6-5-7-10-23)31(20-24-11-8-12-26(18-24)34-3)28(32)21-35-25-15-13-22(2)14-16-25/h5-16,18,27H,4,17,19-21H2,1-3H3,(H,30,33)/t27-/m0/s1. The van der Waals surface area contributed by atoms with Crippen LogP contribution in [0.15, 0.2) is 78.9 Å². The molecule has 3 aromatic rings. The third-order valence-electron chi connectivity index (χ3n) is 5.69. The van der Waals surface area contributed by atoms with Gasteiger partial charge >= 0.3 is 0 Å². The van der Waals surface area contributed by atoms with E-state index in [1.54, 1.807) is 12.0 Å². The third kappa shape index (κ3) is 7.88. The monoisotopic (exact) mass is 474 g/mol. The molecule has 0 spiro atoms. The summed E-state index contributed by atoms with van der Waals surface area (Å²) in [5.74, 6) is 0.865. The molecule has 1 N–H and O–H groups in total. The van der Waals surface area contributed by atoms with Crippen molar-refractivity contribution in [2.24, 2.45) is 0 Å². The topological polar surface area (TPSA) is 67.9 Å². The van der Waals surface area contributed by atoms with Crippen molar-refractivity contribution >= 4 is 11.8 Å². The van der Waals surface area contributed by atoms with Gasteiger partial charge in [0.1, 0.15) is 17.5 Å². The minimum absolute atomic E-state index is 0.167. The molecule has 35 heavy (non-hydrogen) atoms. The van der Waals surface area contributed by atoms with E-state index in [4.69, 9.17) is 9.47 Å². The average molecular weight is 475 g/mol. The summed E-state index contributed by atoms with van der Waals surface area (Å²) < 4.78 is 11.2. The highest BCUT2D eigenvalue weighted by atomic mass is 16.5. The largest absolute Gasteiger partial charge is 0.497 e. The van der Waals surface area contributed by atoms with E-state index in [1.165, 1.54) is 0 Å². The lowest BCUT2D eigenvalue weighted by Gasteiger charge is -2.31. The maximum atomic E-state index is 13.5. The van der Waals surface area contributed by atoms with Gasteiger partial charge in [-0.25, -0.2) is 0 Å². The van der Waals surface area contributed by atoms with E-state index < -0.39 is 6.04 Å². The summed E-state index contributed by atoms with van der Waals surface area (Å²) in [5, 5.41) is 2.98. The van der Waals surface area contributed by atoms with Crippen LogP contribution in [0.25, 0.3) is 0 Å². The summed E-state index contributed by atoms with van der Waals surface area (Å²) in [6.45, 7) is 4.63. The van der Waals surface area contributed by atoms with E-state index in [1.807, 2.05) is 92.7 Å². The van der Waals surface area contributed by atoms with Crippen molar-refractivity contribution in [2.45, 2.75) is 39.3 Å². The Labute approximate surface area is 207 Å². The van der Waals surface area contributed by atoms with Gasteiger partial charge in [0.15, 0.2) is 6.61 Å². The first kappa shape index (κ1) is 25.8. The molecule has 0 aliphatic carbocycles. The van der Waals surface area contributed by atoms with Crippen LogP contribution in [0.5, 0.6) is 11.5 Å². The number of nitrogens with zero attached hydrogens (tertiary/aromatic N) is 1. The lowest BCUT2D eigenvalue weighted by Crippen LogP contribution is -2.51. The van der Waals surface area contributed by atoms with Crippen LogP contribution in [0, 0.1) is 6.92 Å². The minimum atomic E-state index is -0.690. The van der Waals surface area contributed by atoms with Crippen molar-refractivity contribution < 1.29 is 19.1 Å². The van der Waals surface area contributed by atoms with E-state index in [-0.39, 0.29) is 25.0 Å². The van der Waals surface area contributed by atoms with E-state index in [2.05, 4.69) is 5.32 Å². The van der Waals surface area contributed by atoms with Crippen LogP contribution in [0.4, 0.5) is 0 Å². The zero-order chi connectivity index (χ0) is 25.0. The van der Waals surface area contributed by atoms with Crippen LogP contribution < -0.4 is 14.8 Å². The predicted molar refractivity (Wildman–Crippen MR) is 137 cm³/mol. The molecule has 0 unspecified atom stereocenters. The maximum Gasteiger partial charge on any atom is 0.261 e. The second-order valence-electron chi connectivity index (χ2n) is 8.47. The molecule has 0 bridgehead atoms. The molecule has 3 aromatic carbocycles. The number of benzene rings is 3. The number of methoxy groups -OCH3 is 1. The molecular formula is C29H34N2O4. The van der Waals surface area contributed by atoms with Crippen molar-refractivity contribution in [2.75, 3.05) is 20.3 Å². The molecule has 1 atom stereocenters. The molecule has 0 aliphatic rings. The number of hydrogen-bond acceptors (Lipinski definition) is 4. The lowest BCUT2D eigenvalue weighted by molar-refractivity contribution is -0.142. The summed E-state index contributed by atoms with van der Waals surface area (Å²) >= 11 is 0. The predicted octanol–water partition coefficient (Wildman–Crippen LogP) is 4.55. The van der Waals surface area contributed by atoms with Gasteiger partial charge in [-0.05, 0) is 48.7 Å². The Kier molecular flexibility index (Phi) is 9.72. The van der Waals surface area contributed by atoms with Crippen molar-refractivity contribution in [3.63, 3.8) is 0 Å². The molecule has 3 rings (SSSR count). The second-order valence-corrected chi connectivity index (χ2v) is 8.47. The Hall–Kier alpha value is -3.80. The number of rotatable bonds is 12. The third-order valence-corrected chi connectivity index (χ3v) is 5.69. The molecule has 0 saturated heterocycles. The zero-order valence-electron chi connectivity index (χ0n) is 20.7. The van der Waals surface area contributed by atoms with Gasteiger partial charge in [-0.15, -0.1) is 0 Å². The first-order chi connectivity index (χ1) is 17.0. The van der Waals surface area contributed by atoms with Crippen LogP contribution in [-0.4, -0.2) is 43.0 Å². The summed E-state index contributed by atoms with van der Waals surface area (Å²) in [7, 11) is 1.61. The van der Waals surface area contributed by atoms with Gasteiger partial charge in [0, 0.05) is 19.5 Å². The van der Waals surface area contributed by atoms with Crippen molar-refractivity contribution in [3.8, 4) is 11.5 Å². The van der Waals surface area contributed by atoms with Gasteiger partial charge in [0.2, 0.25) is 5.91 Å². The number of hydrogen-bond donors (Lipinski definition) is 1. The van der Waals surface area contributed by atoms with Crippen molar-refractivity contribution in [1.29, 1.82) is 0 Å². The first-order valence-corrected chi connectivity index (χ1v) is 11.9. The summed E-state index contributed by atoms with van der Waals surface area (Å²) in [6, 6.07) is 24.1. The number of amides is 2. The van der Waals surface area contributed by atoms with Crippen LogP contribution >= 0.6 is 0 Å². The summed E-state index contributed by atoms with van der Waals surface area (Å²) in [4.78, 5) is 28.5. The Balaban J connectivity index is 1.89. The van der Waals surface area contributed by atoms with Crippen LogP contribution in [0.1, 0.15) is 30.0 Å². The molecule has 2 amide bonds. The average Bonchev–Trinajstić information content (AvgIpc) is 2.89. The SMILES string of the molecule is CCCNC(=O)[C@H](Cc1ccccc1)N(Cc1cccc(OC)c1)C(=O)COc1ccc(C)cc1. The minimum Gasteiger partial charge on any atom is -0.497 e. The summed E-state index contributed by atoms with van der Waals surface area (Å²) in [5.41, 5.74) is 2.96. The highest BCUT2D eigenvalue weighted by molar-refractivity contribution is 5.88. The zero-order valence-corrected chi connectivity index (χ0v) is 20.7. The highest BCUT2D eigenvalue weighted by Gasteiger charge is 2.30. The molecule has 0 heterocycles. The van der Waals surface area contributed by atoms with Gasteiger partial charge in [-0.2, -0.15) is 0 Å². The second kappa shape index (κ2) is 13.2. The Bertz CT molecular complexity index is 1080. The number of carbonyl (C=O) groups is 2. The maximum absolute atomic E-state index is 13.5. The molecular weight excluding hydrogens is 440 g/mol. The van der Waals surface area contributed by atoms with E-state index in [0.29, 0.717) is 24.5 Å². The Morgan fingerprint density at radius 2 is 1.63 bits per heavy atom. The molecule has 6 nitrogen and oxygen atoms in total. The van der Waals surface area contributed by atoms with Crippen molar-refractivity contribution in [3.05, 3.63) is 95.6 Å². The van der Waals surface area contributed by atoms with E-state index in [9.17, 15) is 9.59 Å². The van der Waals surface area contributed by atoms with Gasteiger partial charge in [-0.1, -0.05) is 67.1 Å². The van der Waals surface area contributed by atoms with Crippen LogP contribution in [0.2, 0.25) is 0 Å². The number of carbonyl (C=O) groups excluding carboxylic acids is 2. The molecule has 0 saturated carbocycles. The van der Waals surface area contributed by atoms with Gasteiger partial charge in [-0.3, -0.25) is 9.59 Å². The number of ether oxygens (including phenoxy) is 2. The Morgan fingerprint density at radius 1 is 0.914 bits per heavy atom. The smallest absolute Gasteiger partial charge is 0.261 e. The Morgan fingerprint density at radius 3 is 2.31 bits per heavy atom. The van der Waals surface area contributed by atoms with E-state index >= 15 is 0 Å². The molecule has 6 heteroatoms. The van der Waals surface area contributed by atoms with Crippen molar-refractivity contribution in [1.82, 2.24) is 10.2 Å². The quantitative estimate of drug-likeness (QED) is 0.418. The number of aryl methyl sites for hydroxylation is 1. The highest BCUT2D eigenvalue weighted by Crippen LogP contribution is 2.19. The molecule has 0 radical (unpaired) electrons. The van der Waals surface area contributed by atoms with Crippen LogP contribution in [-0.2, 0) is 22.6 Å². The molecule has 184 valence electrons. The number of nitrogens with one attached hydrogen (secondary N) is 1. The fraction of sp³-hybridized carbons (Fsp3) is 0.310. The molecule has 0 aromatic heterocycles. The normalized spacial score (nSPS) is 11.4. The van der Waals surface area contributed by atoms with Gasteiger partial charge < -0.3 is 19.7 Å².